The minimum Gasteiger partial charge on any atom is -0.381 e. The quantitative estimate of drug-likeness (QED) is 0.691. The van der Waals surface area contributed by atoms with Crippen molar-refractivity contribution in [2.24, 2.45) is 0 Å². The highest BCUT2D eigenvalue weighted by molar-refractivity contribution is 5.92. The van der Waals surface area contributed by atoms with E-state index in [2.05, 4.69) is 38.2 Å². The van der Waals surface area contributed by atoms with Gasteiger partial charge in [-0.05, 0) is 37.0 Å². The summed E-state index contributed by atoms with van der Waals surface area (Å²) < 4.78 is 0. The maximum absolute atomic E-state index is 9.21. The predicted molar refractivity (Wildman–Crippen MR) is 102 cm³/mol. The standard InChI is InChI=1S/C21H19N5/c22-13-15-5-4-11-23-19(15)9-8-16-14-25-21-18(10-12-24-21)20(16)26-17-6-2-1-3-7-17/h4-5,10-12,14,17H,1-3,6-7H2,(H2,24,25,26). The Morgan fingerprint density at radius 3 is 2.81 bits per heavy atom. The van der Waals surface area contributed by atoms with Crippen molar-refractivity contribution in [1.29, 1.82) is 5.26 Å². The molecule has 3 heterocycles. The van der Waals surface area contributed by atoms with Gasteiger partial charge in [0, 0.05) is 30.0 Å². The Labute approximate surface area is 152 Å². The second-order valence-corrected chi connectivity index (χ2v) is 6.53. The highest BCUT2D eigenvalue weighted by atomic mass is 14.9. The van der Waals surface area contributed by atoms with Gasteiger partial charge in [0.25, 0.3) is 0 Å². The van der Waals surface area contributed by atoms with Crippen LogP contribution < -0.4 is 5.32 Å². The molecule has 0 radical (unpaired) electrons. The lowest BCUT2D eigenvalue weighted by Gasteiger charge is -2.24. The predicted octanol–water partition coefficient (Wildman–Crippen LogP) is 3.97. The molecule has 0 amide bonds. The molecule has 1 fully saturated rings. The highest BCUT2D eigenvalue weighted by Gasteiger charge is 2.16. The number of H-pyrrole nitrogens is 1. The average Bonchev–Trinajstić information content (AvgIpc) is 3.17. The Balaban J connectivity index is 1.74. The van der Waals surface area contributed by atoms with Crippen molar-refractivity contribution < 1.29 is 0 Å². The minimum atomic E-state index is 0.467. The number of pyridine rings is 2. The van der Waals surface area contributed by atoms with Crippen LogP contribution in [0.5, 0.6) is 0 Å². The number of aromatic nitrogens is 3. The average molecular weight is 341 g/mol. The first-order valence-electron chi connectivity index (χ1n) is 8.95. The van der Waals surface area contributed by atoms with E-state index in [1.54, 1.807) is 24.5 Å². The Bertz CT molecular complexity index is 1030. The molecule has 26 heavy (non-hydrogen) atoms. The van der Waals surface area contributed by atoms with E-state index < -0.39 is 0 Å². The van der Waals surface area contributed by atoms with Gasteiger partial charge in [-0.15, -0.1) is 0 Å². The molecule has 0 bridgehead atoms. The molecule has 1 aliphatic carbocycles. The van der Waals surface area contributed by atoms with Crippen LogP contribution in [-0.4, -0.2) is 21.0 Å². The lowest BCUT2D eigenvalue weighted by Crippen LogP contribution is -2.22. The normalized spacial score (nSPS) is 14.4. The third-order valence-corrected chi connectivity index (χ3v) is 4.78. The summed E-state index contributed by atoms with van der Waals surface area (Å²) in [5.41, 5.74) is 3.68. The maximum atomic E-state index is 9.21. The van der Waals surface area contributed by atoms with Crippen molar-refractivity contribution in [3.8, 4) is 17.9 Å². The van der Waals surface area contributed by atoms with Crippen LogP contribution in [0, 0.1) is 23.2 Å². The number of fused-ring (bicyclic) bond motifs is 1. The summed E-state index contributed by atoms with van der Waals surface area (Å²) in [6.45, 7) is 0. The van der Waals surface area contributed by atoms with E-state index >= 15 is 0 Å². The van der Waals surface area contributed by atoms with Crippen molar-refractivity contribution in [3.63, 3.8) is 0 Å². The summed E-state index contributed by atoms with van der Waals surface area (Å²) in [7, 11) is 0. The van der Waals surface area contributed by atoms with Crippen LogP contribution in [0.2, 0.25) is 0 Å². The van der Waals surface area contributed by atoms with Crippen molar-refractivity contribution >= 4 is 16.7 Å². The molecule has 2 N–H and O–H groups in total. The molecular weight excluding hydrogens is 322 g/mol. The molecule has 128 valence electrons. The number of hydrogen-bond acceptors (Lipinski definition) is 4. The first kappa shape index (κ1) is 16.2. The molecule has 0 aliphatic heterocycles. The van der Waals surface area contributed by atoms with Crippen molar-refractivity contribution in [2.75, 3.05) is 5.32 Å². The van der Waals surface area contributed by atoms with Gasteiger partial charge < -0.3 is 10.3 Å². The van der Waals surface area contributed by atoms with E-state index in [9.17, 15) is 5.26 Å². The molecule has 0 saturated heterocycles. The van der Waals surface area contributed by atoms with E-state index in [1.807, 2.05) is 12.3 Å². The molecule has 3 aromatic rings. The molecule has 5 heteroatoms. The molecule has 1 aliphatic rings. The third kappa shape index (κ3) is 3.25. The summed E-state index contributed by atoms with van der Waals surface area (Å²) in [4.78, 5) is 11.8. The number of nitrogens with one attached hydrogen (secondary N) is 2. The molecular formula is C21H19N5. The van der Waals surface area contributed by atoms with E-state index in [1.165, 1.54) is 32.1 Å². The number of anilines is 1. The molecule has 0 spiro atoms. The largest absolute Gasteiger partial charge is 0.381 e. The molecule has 1 saturated carbocycles. The summed E-state index contributed by atoms with van der Waals surface area (Å²) >= 11 is 0. The Kier molecular flexibility index (Phi) is 4.53. The Morgan fingerprint density at radius 1 is 1.08 bits per heavy atom. The minimum absolute atomic E-state index is 0.467. The SMILES string of the molecule is N#Cc1cccnc1C#Cc1cnc2[nH]ccc2c1NC1CCCCC1. The molecule has 0 unspecified atom stereocenters. The van der Waals surface area contributed by atoms with Crippen molar-refractivity contribution in [2.45, 2.75) is 38.1 Å². The molecule has 0 atom stereocenters. The zero-order valence-corrected chi connectivity index (χ0v) is 14.4. The Morgan fingerprint density at radius 2 is 1.96 bits per heavy atom. The van der Waals surface area contributed by atoms with Gasteiger partial charge in [0.15, 0.2) is 0 Å². The number of nitrogens with zero attached hydrogens (tertiary/aromatic N) is 3. The van der Waals surface area contributed by atoms with Crippen molar-refractivity contribution in [1.82, 2.24) is 15.0 Å². The van der Waals surface area contributed by atoms with Crippen molar-refractivity contribution in [3.05, 3.63) is 53.6 Å². The van der Waals surface area contributed by atoms with Crippen LogP contribution in [0.25, 0.3) is 11.0 Å². The fourth-order valence-corrected chi connectivity index (χ4v) is 3.43. The number of hydrogen-bond donors (Lipinski definition) is 2. The number of aromatic amines is 1. The second kappa shape index (κ2) is 7.29. The van der Waals surface area contributed by atoms with Crippen LogP contribution in [0.1, 0.15) is 48.9 Å². The zero-order chi connectivity index (χ0) is 17.8. The lowest BCUT2D eigenvalue weighted by molar-refractivity contribution is 0.463. The second-order valence-electron chi connectivity index (χ2n) is 6.53. The molecule has 0 aromatic carbocycles. The summed E-state index contributed by atoms with van der Waals surface area (Å²) in [6, 6.07) is 8.10. The smallest absolute Gasteiger partial charge is 0.139 e. The topological polar surface area (TPSA) is 77.4 Å². The first-order valence-corrected chi connectivity index (χ1v) is 8.95. The van der Waals surface area contributed by atoms with Gasteiger partial charge in [-0.25, -0.2) is 9.97 Å². The monoisotopic (exact) mass is 341 g/mol. The fraction of sp³-hybridized carbons (Fsp3) is 0.286. The molecule has 5 nitrogen and oxygen atoms in total. The van der Waals surface area contributed by atoms with Crippen LogP contribution in [0.4, 0.5) is 5.69 Å². The van der Waals surface area contributed by atoms with Gasteiger partial charge in [0.05, 0.1) is 16.8 Å². The van der Waals surface area contributed by atoms with E-state index in [4.69, 9.17) is 0 Å². The lowest BCUT2D eigenvalue weighted by atomic mass is 9.95. The fourth-order valence-electron chi connectivity index (χ4n) is 3.43. The van der Waals surface area contributed by atoms with Gasteiger partial charge in [-0.1, -0.05) is 25.2 Å². The van der Waals surface area contributed by atoms with Crippen LogP contribution in [0.3, 0.4) is 0 Å². The summed E-state index contributed by atoms with van der Waals surface area (Å²) in [5.74, 6) is 6.21. The number of rotatable bonds is 2. The maximum Gasteiger partial charge on any atom is 0.139 e. The molecule has 3 aromatic heterocycles. The van der Waals surface area contributed by atoms with Gasteiger partial charge in [-0.2, -0.15) is 5.26 Å². The summed E-state index contributed by atoms with van der Waals surface area (Å²) in [5, 5.41) is 14.0. The molecule has 4 rings (SSSR count). The Hall–Kier alpha value is -3.31. The van der Waals surface area contributed by atoms with Gasteiger partial charge in [0.2, 0.25) is 0 Å². The zero-order valence-electron chi connectivity index (χ0n) is 14.4. The van der Waals surface area contributed by atoms with E-state index in [0.29, 0.717) is 17.3 Å². The van der Waals surface area contributed by atoms with E-state index in [-0.39, 0.29) is 0 Å². The van der Waals surface area contributed by atoms with E-state index in [0.717, 1.165) is 22.3 Å². The van der Waals surface area contributed by atoms with Crippen LogP contribution in [0.15, 0.2) is 36.8 Å². The van der Waals surface area contributed by atoms with Gasteiger partial charge in [0.1, 0.15) is 17.4 Å². The number of nitriles is 1. The summed E-state index contributed by atoms with van der Waals surface area (Å²) in [6.07, 6.45) is 11.5. The third-order valence-electron chi connectivity index (χ3n) is 4.78. The van der Waals surface area contributed by atoms with Crippen LogP contribution in [-0.2, 0) is 0 Å². The van der Waals surface area contributed by atoms with Gasteiger partial charge in [-0.3, -0.25) is 0 Å². The van der Waals surface area contributed by atoms with Crippen LogP contribution >= 0.6 is 0 Å². The first-order chi connectivity index (χ1) is 12.8. The highest BCUT2D eigenvalue weighted by Crippen LogP contribution is 2.29. The van der Waals surface area contributed by atoms with Gasteiger partial charge >= 0.3 is 0 Å².